The van der Waals surface area contributed by atoms with Gasteiger partial charge in [-0.2, -0.15) is 0 Å². The van der Waals surface area contributed by atoms with Crippen LogP contribution in [-0.4, -0.2) is 31.8 Å². The number of hydrogen-bond donors (Lipinski definition) is 0. The van der Waals surface area contributed by atoms with Crippen LogP contribution in [0.4, 0.5) is 0 Å². The monoisotopic (exact) mass is 305 g/mol. The Bertz CT molecular complexity index is 493. The van der Waals surface area contributed by atoms with Crippen LogP contribution >= 0.6 is 0 Å². The van der Waals surface area contributed by atoms with Gasteiger partial charge in [-0.1, -0.05) is 51.1 Å². The van der Waals surface area contributed by atoms with Crippen LogP contribution in [-0.2, 0) is 15.8 Å². The molecule has 0 aromatic heterocycles. The summed E-state index contributed by atoms with van der Waals surface area (Å²) >= 11 is 0. The standard InChI is InChI=1S/C17H27NO2Si/c1-17(2,3)21(4,5)20-15-11-16(19)18(13-15)12-14-9-7-6-8-10-14/h6-10,15H,11-13H2,1-5H3. The number of nitrogens with zero attached hydrogens (tertiary/aromatic N) is 1. The maximum atomic E-state index is 12.2. The summed E-state index contributed by atoms with van der Waals surface area (Å²) < 4.78 is 6.38. The third kappa shape index (κ3) is 3.95. The van der Waals surface area contributed by atoms with E-state index in [-0.39, 0.29) is 17.0 Å². The van der Waals surface area contributed by atoms with Crippen LogP contribution < -0.4 is 0 Å². The highest BCUT2D eigenvalue weighted by atomic mass is 28.4. The number of amides is 1. The SMILES string of the molecule is CC(C)(C)[Si](C)(C)OC1CC(=O)N(Cc2ccccc2)C1. The van der Waals surface area contributed by atoms with Gasteiger partial charge in [0.25, 0.3) is 0 Å². The van der Waals surface area contributed by atoms with E-state index < -0.39 is 8.32 Å². The number of carbonyl (C=O) groups is 1. The van der Waals surface area contributed by atoms with E-state index in [1.807, 2.05) is 23.1 Å². The van der Waals surface area contributed by atoms with Crippen molar-refractivity contribution >= 4 is 14.2 Å². The quantitative estimate of drug-likeness (QED) is 0.792. The molecule has 116 valence electrons. The second-order valence-corrected chi connectivity index (χ2v) is 12.2. The number of benzene rings is 1. The van der Waals surface area contributed by atoms with Crippen LogP contribution in [0.3, 0.4) is 0 Å². The molecule has 1 aliphatic heterocycles. The molecule has 1 aromatic carbocycles. The van der Waals surface area contributed by atoms with Crippen molar-refractivity contribution in [1.82, 2.24) is 4.90 Å². The molecular weight excluding hydrogens is 278 g/mol. The zero-order chi connectivity index (χ0) is 15.7. The van der Waals surface area contributed by atoms with Gasteiger partial charge in [-0.3, -0.25) is 4.79 Å². The number of hydrogen-bond acceptors (Lipinski definition) is 2. The predicted octanol–water partition coefficient (Wildman–Crippen LogP) is 3.81. The molecule has 0 radical (unpaired) electrons. The lowest BCUT2D eigenvalue weighted by molar-refractivity contribution is -0.128. The third-order valence-electron chi connectivity index (χ3n) is 4.66. The Balaban J connectivity index is 1.97. The summed E-state index contributed by atoms with van der Waals surface area (Å²) in [4.78, 5) is 14.1. The van der Waals surface area contributed by atoms with E-state index in [9.17, 15) is 4.79 Å². The molecular formula is C17H27NO2Si. The third-order valence-corrected chi connectivity index (χ3v) is 9.20. The van der Waals surface area contributed by atoms with Crippen molar-refractivity contribution < 1.29 is 9.22 Å². The molecule has 1 atom stereocenters. The summed E-state index contributed by atoms with van der Waals surface area (Å²) in [5.74, 6) is 0.211. The first-order valence-corrected chi connectivity index (χ1v) is 10.6. The minimum absolute atomic E-state index is 0.0575. The highest BCUT2D eigenvalue weighted by molar-refractivity contribution is 6.74. The Morgan fingerprint density at radius 2 is 1.86 bits per heavy atom. The number of carbonyl (C=O) groups excluding carboxylic acids is 1. The van der Waals surface area contributed by atoms with Gasteiger partial charge in [-0.15, -0.1) is 0 Å². The van der Waals surface area contributed by atoms with Gasteiger partial charge < -0.3 is 9.33 Å². The van der Waals surface area contributed by atoms with Crippen molar-refractivity contribution in [1.29, 1.82) is 0 Å². The van der Waals surface area contributed by atoms with Crippen molar-refractivity contribution in [2.75, 3.05) is 6.54 Å². The lowest BCUT2D eigenvalue weighted by atomic mass is 10.2. The van der Waals surface area contributed by atoms with Crippen molar-refractivity contribution in [2.24, 2.45) is 0 Å². The first kappa shape index (κ1) is 16.2. The van der Waals surface area contributed by atoms with E-state index >= 15 is 0 Å². The van der Waals surface area contributed by atoms with Gasteiger partial charge in [0.2, 0.25) is 5.91 Å². The van der Waals surface area contributed by atoms with Crippen LogP contribution in [0, 0.1) is 0 Å². The molecule has 0 bridgehead atoms. The summed E-state index contributed by atoms with van der Waals surface area (Å²) in [7, 11) is -1.80. The summed E-state index contributed by atoms with van der Waals surface area (Å²) in [6.07, 6.45) is 0.585. The zero-order valence-electron chi connectivity index (χ0n) is 13.8. The minimum atomic E-state index is -1.80. The van der Waals surface area contributed by atoms with E-state index in [2.05, 4.69) is 46.0 Å². The maximum absolute atomic E-state index is 12.2. The predicted molar refractivity (Wildman–Crippen MR) is 88.5 cm³/mol. The second-order valence-electron chi connectivity index (χ2n) is 7.46. The highest BCUT2D eigenvalue weighted by Gasteiger charge is 2.42. The molecule has 1 amide bonds. The maximum Gasteiger partial charge on any atom is 0.225 e. The molecule has 1 aromatic rings. The zero-order valence-corrected chi connectivity index (χ0v) is 14.8. The largest absolute Gasteiger partial charge is 0.412 e. The summed E-state index contributed by atoms with van der Waals surface area (Å²) in [6, 6.07) is 10.2. The van der Waals surface area contributed by atoms with Gasteiger partial charge in [0.15, 0.2) is 8.32 Å². The molecule has 3 nitrogen and oxygen atoms in total. The summed E-state index contributed by atoms with van der Waals surface area (Å²) in [5.41, 5.74) is 1.18. The molecule has 1 aliphatic rings. The van der Waals surface area contributed by atoms with Crippen LogP contribution in [0.2, 0.25) is 18.1 Å². The number of likely N-dealkylation sites (tertiary alicyclic amines) is 1. The molecule has 1 heterocycles. The Kier molecular flexibility index (Phi) is 4.59. The van der Waals surface area contributed by atoms with Gasteiger partial charge in [0.05, 0.1) is 12.5 Å². The van der Waals surface area contributed by atoms with Crippen LogP contribution in [0.15, 0.2) is 30.3 Å². The van der Waals surface area contributed by atoms with Crippen LogP contribution in [0.5, 0.6) is 0 Å². The van der Waals surface area contributed by atoms with E-state index in [4.69, 9.17) is 4.43 Å². The van der Waals surface area contributed by atoms with Crippen molar-refractivity contribution in [2.45, 2.75) is 58.0 Å². The lowest BCUT2D eigenvalue weighted by Gasteiger charge is -2.38. The second kappa shape index (κ2) is 5.93. The van der Waals surface area contributed by atoms with E-state index in [1.54, 1.807) is 0 Å². The highest BCUT2D eigenvalue weighted by Crippen LogP contribution is 2.38. The van der Waals surface area contributed by atoms with Gasteiger partial charge in [0, 0.05) is 13.1 Å². The van der Waals surface area contributed by atoms with E-state index in [0.717, 1.165) is 6.54 Å². The van der Waals surface area contributed by atoms with Crippen molar-refractivity contribution in [3.8, 4) is 0 Å². The van der Waals surface area contributed by atoms with Crippen LogP contribution in [0.1, 0.15) is 32.8 Å². The first-order chi connectivity index (χ1) is 9.69. The fraction of sp³-hybridized carbons (Fsp3) is 0.588. The number of rotatable bonds is 4. The van der Waals surface area contributed by atoms with E-state index in [1.165, 1.54) is 5.56 Å². The van der Waals surface area contributed by atoms with Gasteiger partial charge >= 0.3 is 0 Å². The molecule has 21 heavy (non-hydrogen) atoms. The normalized spacial score (nSPS) is 20.1. The molecule has 1 saturated heterocycles. The van der Waals surface area contributed by atoms with Gasteiger partial charge in [0.1, 0.15) is 0 Å². The average Bonchev–Trinajstić information content (AvgIpc) is 2.68. The molecule has 4 heteroatoms. The van der Waals surface area contributed by atoms with Gasteiger partial charge in [-0.25, -0.2) is 0 Å². The summed E-state index contributed by atoms with van der Waals surface area (Å²) in [6.45, 7) is 12.6. The Morgan fingerprint density at radius 3 is 2.43 bits per heavy atom. The van der Waals surface area contributed by atoms with Crippen molar-refractivity contribution in [3.05, 3.63) is 35.9 Å². The Morgan fingerprint density at radius 1 is 1.24 bits per heavy atom. The fourth-order valence-electron chi connectivity index (χ4n) is 2.36. The average molecular weight is 305 g/mol. The summed E-state index contributed by atoms with van der Waals surface area (Å²) in [5, 5.41) is 0.183. The topological polar surface area (TPSA) is 29.5 Å². The molecule has 0 saturated carbocycles. The molecule has 1 fully saturated rings. The first-order valence-electron chi connectivity index (χ1n) is 7.68. The van der Waals surface area contributed by atoms with Crippen LogP contribution in [0.25, 0.3) is 0 Å². The van der Waals surface area contributed by atoms with Gasteiger partial charge in [-0.05, 0) is 23.7 Å². The molecule has 0 N–H and O–H groups in total. The Hall–Kier alpha value is -1.13. The smallest absolute Gasteiger partial charge is 0.225 e. The minimum Gasteiger partial charge on any atom is -0.412 e. The van der Waals surface area contributed by atoms with E-state index in [0.29, 0.717) is 13.0 Å². The molecule has 0 aliphatic carbocycles. The Labute approximate surface area is 129 Å². The molecule has 1 unspecified atom stereocenters. The molecule has 2 rings (SSSR count). The fourth-order valence-corrected chi connectivity index (χ4v) is 3.71. The lowest BCUT2D eigenvalue weighted by Crippen LogP contribution is -2.44. The van der Waals surface area contributed by atoms with Crippen molar-refractivity contribution in [3.63, 3.8) is 0 Å². The molecule has 0 spiro atoms.